The molecule has 0 aliphatic heterocycles. The molecule has 0 bridgehead atoms. The van der Waals surface area contributed by atoms with E-state index in [2.05, 4.69) is 17.9 Å². The van der Waals surface area contributed by atoms with Gasteiger partial charge < -0.3 is 10.2 Å². The van der Waals surface area contributed by atoms with Crippen molar-refractivity contribution in [1.29, 1.82) is 0 Å². The molecular weight excluding hydrogens is 272 g/mol. The summed E-state index contributed by atoms with van der Waals surface area (Å²) in [5.41, 5.74) is 1.50. The number of carbonyl (C=O) groups is 2. The van der Waals surface area contributed by atoms with Gasteiger partial charge in [-0.25, -0.2) is 0 Å². The Kier molecular flexibility index (Phi) is 6.58. The molecule has 2 amide bonds. The van der Waals surface area contributed by atoms with Crippen molar-refractivity contribution in [1.82, 2.24) is 10.2 Å². The van der Waals surface area contributed by atoms with E-state index >= 15 is 0 Å². The molecule has 0 spiro atoms. The monoisotopic (exact) mass is 294 g/mol. The van der Waals surface area contributed by atoms with Gasteiger partial charge in [-0.15, -0.1) is 12.6 Å². The van der Waals surface area contributed by atoms with Gasteiger partial charge in [0.25, 0.3) is 5.91 Å². The lowest BCUT2D eigenvalue weighted by Crippen LogP contribution is -2.34. The van der Waals surface area contributed by atoms with E-state index < -0.39 is 0 Å². The molecule has 0 atom stereocenters. The molecule has 0 saturated heterocycles. The van der Waals surface area contributed by atoms with Crippen molar-refractivity contribution in [3.05, 3.63) is 29.3 Å². The van der Waals surface area contributed by atoms with Gasteiger partial charge in [0, 0.05) is 36.5 Å². The molecule has 1 N–H and O–H groups in total. The van der Waals surface area contributed by atoms with Gasteiger partial charge >= 0.3 is 0 Å². The van der Waals surface area contributed by atoms with Crippen LogP contribution in [0.15, 0.2) is 23.1 Å². The summed E-state index contributed by atoms with van der Waals surface area (Å²) in [4.78, 5) is 26.4. The second-order valence-corrected chi connectivity index (χ2v) is 5.09. The molecule has 0 saturated carbocycles. The highest BCUT2D eigenvalue weighted by atomic mass is 32.1. The zero-order chi connectivity index (χ0) is 15.1. The van der Waals surface area contributed by atoms with Crippen molar-refractivity contribution >= 4 is 24.4 Å². The SMILES string of the molecule is CCN(CC)C(=O)CCNC(=O)c1cc(S)ccc1C. The highest BCUT2D eigenvalue weighted by Gasteiger charge is 2.12. The van der Waals surface area contributed by atoms with Crippen molar-refractivity contribution < 1.29 is 9.59 Å². The molecule has 1 rings (SSSR count). The smallest absolute Gasteiger partial charge is 0.251 e. The third kappa shape index (κ3) is 4.56. The van der Waals surface area contributed by atoms with Crippen molar-refractivity contribution in [2.75, 3.05) is 19.6 Å². The zero-order valence-corrected chi connectivity index (χ0v) is 13.2. The summed E-state index contributed by atoms with van der Waals surface area (Å²) in [6.07, 6.45) is 0.326. The molecule has 0 aromatic heterocycles. The Morgan fingerprint density at radius 3 is 2.50 bits per heavy atom. The second kappa shape index (κ2) is 7.94. The van der Waals surface area contributed by atoms with Gasteiger partial charge in [0.1, 0.15) is 0 Å². The number of nitrogens with one attached hydrogen (secondary N) is 1. The van der Waals surface area contributed by atoms with E-state index in [0.717, 1.165) is 10.5 Å². The third-order valence-electron chi connectivity index (χ3n) is 3.21. The first-order valence-electron chi connectivity index (χ1n) is 6.85. The summed E-state index contributed by atoms with van der Waals surface area (Å²) in [5.74, 6) is -0.0966. The summed E-state index contributed by atoms with van der Waals surface area (Å²) in [5, 5.41) is 2.78. The lowest BCUT2D eigenvalue weighted by molar-refractivity contribution is -0.130. The van der Waals surface area contributed by atoms with Gasteiger partial charge in [-0.05, 0) is 38.5 Å². The first-order valence-corrected chi connectivity index (χ1v) is 7.29. The Bertz CT molecular complexity index is 485. The number of hydrogen-bond acceptors (Lipinski definition) is 3. The minimum Gasteiger partial charge on any atom is -0.352 e. The van der Waals surface area contributed by atoms with Crippen LogP contribution in [0.5, 0.6) is 0 Å². The molecule has 20 heavy (non-hydrogen) atoms. The molecule has 0 aliphatic rings. The number of rotatable bonds is 6. The lowest BCUT2D eigenvalue weighted by Gasteiger charge is -2.18. The molecule has 0 radical (unpaired) electrons. The standard InChI is InChI=1S/C15H22N2O2S/c1-4-17(5-2)14(18)8-9-16-15(19)13-10-12(20)7-6-11(13)3/h6-7,10,20H,4-5,8-9H2,1-3H3,(H,16,19). The Morgan fingerprint density at radius 1 is 1.25 bits per heavy atom. The van der Waals surface area contributed by atoms with Gasteiger partial charge in [0.2, 0.25) is 5.91 Å². The van der Waals surface area contributed by atoms with Gasteiger partial charge in [-0.3, -0.25) is 9.59 Å². The fourth-order valence-corrected chi connectivity index (χ4v) is 2.17. The Balaban J connectivity index is 2.52. The van der Waals surface area contributed by atoms with Crippen LogP contribution < -0.4 is 5.32 Å². The van der Waals surface area contributed by atoms with Crippen LogP contribution in [0.4, 0.5) is 0 Å². The zero-order valence-electron chi connectivity index (χ0n) is 12.3. The maximum absolute atomic E-state index is 12.0. The van der Waals surface area contributed by atoms with E-state index in [1.165, 1.54) is 0 Å². The average molecular weight is 294 g/mol. The molecule has 0 heterocycles. The van der Waals surface area contributed by atoms with Crippen molar-refractivity contribution in [2.45, 2.75) is 32.1 Å². The topological polar surface area (TPSA) is 49.4 Å². The van der Waals surface area contributed by atoms with Crippen LogP contribution in [0.2, 0.25) is 0 Å². The summed E-state index contributed by atoms with van der Waals surface area (Å²) >= 11 is 4.23. The van der Waals surface area contributed by atoms with E-state index in [4.69, 9.17) is 0 Å². The van der Waals surface area contributed by atoms with E-state index in [0.29, 0.717) is 31.6 Å². The average Bonchev–Trinajstić information content (AvgIpc) is 2.42. The molecule has 0 aliphatic carbocycles. The first-order chi connectivity index (χ1) is 9.49. The predicted molar refractivity (Wildman–Crippen MR) is 83.3 cm³/mol. The maximum atomic E-state index is 12.0. The van der Waals surface area contributed by atoms with Gasteiger partial charge in [-0.1, -0.05) is 6.07 Å². The van der Waals surface area contributed by atoms with Crippen LogP contribution in [0, 0.1) is 6.92 Å². The maximum Gasteiger partial charge on any atom is 0.251 e. The minimum absolute atomic E-state index is 0.0648. The normalized spacial score (nSPS) is 10.2. The highest BCUT2D eigenvalue weighted by Crippen LogP contribution is 2.13. The number of aryl methyl sites for hydroxylation is 1. The summed E-state index contributed by atoms with van der Waals surface area (Å²) in [6, 6.07) is 5.44. The van der Waals surface area contributed by atoms with Crippen LogP contribution in [-0.2, 0) is 4.79 Å². The molecule has 5 heteroatoms. The van der Waals surface area contributed by atoms with Crippen molar-refractivity contribution in [3.63, 3.8) is 0 Å². The molecule has 110 valence electrons. The summed E-state index contributed by atoms with van der Waals surface area (Å²) in [7, 11) is 0. The van der Waals surface area contributed by atoms with E-state index in [-0.39, 0.29) is 11.8 Å². The van der Waals surface area contributed by atoms with Gasteiger partial charge in [0.05, 0.1) is 0 Å². The number of nitrogens with zero attached hydrogens (tertiary/aromatic N) is 1. The Morgan fingerprint density at radius 2 is 1.90 bits per heavy atom. The highest BCUT2D eigenvalue weighted by molar-refractivity contribution is 7.80. The molecular formula is C15H22N2O2S. The van der Waals surface area contributed by atoms with Gasteiger partial charge in [-0.2, -0.15) is 0 Å². The number of hydrogen-bond donors (Lipinski definition) is 2. The van der Waals surface area contributed by atoms with E-state index in [1.54, 1.807) is 11.0 Å². The molecule has 0 unspecified atom stereocenters. The van der Waals surface area contributed by atoms with Crippen LogP contribution in [0.1, 0.15) is 36.2 Å². The van der Waals surface area contributed by atoms with Gasteiger partial charge in [0.15, 0.2) is 0 Å². The predicted octanol–water partition coefficient (Wildman–Crippen LogP) is 2.27. The van der Waals surface area contributed by atoms with Crippen molar-refractivity contribution in [3.8, 4) is 0 Å². The van der Waals surface area contributed by atoms with E-state index in [1.807, 2.05) is 32.9 Å². The molecule has 0 fully saturated rings. The minimum atomic E-state index is -0.161. The number of amides is 2. The van der Waals surface area contributed by atoms with Crippen molar-refractivity contribution in [2.24, 2.45) is 0 Å². The lowest BCUT2D eigenvalue weighted by atomic mass is 10.1. The molecule has 1 aromatic carbocycles. The first kappa shape index (κ1) is 16.6. The quantitative estimate of drug-likeness (QED) is 0.791. The van der Waals surface area contributed by atoms with Crippen LogP contribution in [0.3, 0.4) is 0 Å². The third-order valence-corrected chi connectivity index (χ3v) is 3.48. The van der Waals surface area contributed by atoms with Crippen LogP contribution in [0.25, 0.3) is 0 Å². The summed E-state index contributed by atoms with van der Waals surface area (Å²) in [6.45, 7) is 7.52. The Labute approximate surface area is 126 Å². The summed E-state index contributed by atoms with van der Waals surface area (Å²) < 4.78 is 0. The fourth-order valence-electron chi connectivity index (χ4n) is 1.97. The van der Waals surface area contributed by atoms with Crippen LogP contribution >= 0.6 is 12.6 Å². The number of benzene rings is 1. The fraction of sp³-hybridized carbons (Fsp3) is 0.467. The molecule has 1 aromatic rings. The number of thiol groups is 1. The van der Waals surface area contributed by atoms with E-state index in [9.17, 15) is 9.59 Å². The number of carbonyl (C=O) groups excluding carboxylic acids is 2. The molecule has 4 nitrogen and oxygen atoms in total. The largest absolute Gasteiger partial charge is 0.352 e. The van der Waals surface area contributed by atoms with Crippen LogP contribution in [-0.4, -0.2) is 36.3 Å². The Hall–Kier alpha value is -1.49. The second-order valence-electron chi connectivity index (χ2n) is 4.57.